The molecule has 0 rings (SSSR count). The van der Waals surface area contributed by atoms with E-state index in [4.69, 9.17) is 15.3 Å². The first-order valence-corrected chi connectivity index (χ1v) is 0.548. The van der Waals surface area contributed by atoms with Crippen LogP contribution < -0.4 is 0 Å². The Morgan fingerprint density at radius 1 is 1.40 bits per heavy atom. The Morgan fingerprint density at radius 2 is 1.40 bits per heavy atom. The average Bonchev–Trinajstić information content (AvgIpc) is 0.811. The molecule has 5 heteroatoms. The van der Waals surface area contributed by atoms with Crippen LogP contribution in [0.5, 0.6) is 0 Å². The van der Waals surface area contributed by atoms with E-state index in [0.29, 0.717) is 0 Å². The second-order valence-electron chi connectivity index (χ2n) is 0.224. The summed E-state index contributed by atoms with van der Waals surface area (Å²) in [6.07, 6.45) is 0. The molecule has 30 valence electrons. The van der Waals surface area contributed by atoms with Crippen molar-refractivity contribution in [2.45, 2.75) is 0 Å². The molecule has 0 atom stereocenters. The van der Waals surface area contributed by atoms with Gasteiger partial charge >= 0.3 is 19.5 Å². The number of hydrogen-bond acceptors (Lipinski definition) is 3. The van der Waals surface area contributed by atoms with Gasteiger partial charge in [-0.1, -0.05) is 0 Å². The Bertz CT molecular complexity index is 29.9. The first kappa shape index (κ1) is 8.85. The fourth-order valence-corrected chi connectivity index (χ4v) is 0. The second kappa shape index (κ2) is 3.82. The number of hydrogen-bond donors (Lipinski definition) is 0. The largest absolute Gasteiger partial charge is 3.00 e. The van der Waals surface area contributed by atoms with Crippen molar-refractivity contribution in [1.29, 1.82) is 0 Å². The molecule has 0 amide bonds. The smallest absolute Gasteiger partial charge is 0.356 e. The van der Waals surface area contributed by atoms with E-state index >= 15 is 0 Å². The fraction of sp³-hybridized carbons (Fsp3) is 0. The summed E-state index contributed by atoms with van der Waals surface area (Å²) in [5.41, 5.74) is 0. The van der Waals surface area contributed by atoms with Crippen LogP contribution in [-0.2, 0) is 19.5 Å². The van der Waals surface area contributed by atoms with Gasteiger partial charge < -0.3 is 15.3 Å². The zero-order valence-corrected chi connectivity index (χ0v) is 3.64. The van der Waals surface area contributed by atoms with E-state index in [1.54, 1.807) is 0 Å². The number of nitrogens with zero attached hydrogens (tertiary/aromatic N) is 1. The normalized spacial score (nSPS) is 4.80. The summed E-state index contributed by atoms with van der Waals surface area (Å²) in [5, 5.41) is 14.8. The van der Waals surface area contributed by atoms with Gasteiger partial charge in [0, 0.05) is 0 Å². The first-order valence-electron chi connectivity index (χ1n) is 0.548. The van der Waals surface area contributed by atoms with Gasteiger partial charge in [0.05, 0.1) is 5.09 Å². The van der Waals surface area contributed by atoms with Crippen LogP contribution in [-0.4, -0.2) is 5.09 Å². The Balaban J connectivity index is 0. The molecular weight excluding hydrogens is 165 g/mol. The van der Waals surface area contributed by atoms with Crippen LogP contribution in [0.1, 0.15) is 0 Å². The summed E-state index contributed by atoms with van der Waals surface area (Å²) < 4.78 is 0. The molecule has 0 heterocycles. The van der Waals surface area contributed by atoms with Crippen LogP contribution in [0.2, 0.25) is 0 Å². The van der Waals surface area contributed by atoms with Gasteiger partial charge in [0.25, 0.3) is 0 Å². The molecule has 0 bridgehead atoms. The Hall–Kier alpha value is -0.177. The molecule has 4 nitrogen and oxygen atoms in total. The molecule has 0 aliphatic heterocycles. The van der Waals surface area contributed by atoms with Gasteiger partial charge in [-0.15, -0.1) is 0 Å². The van der Waals surface area contributed by atoms with Crippen molar-refractivity contribution in [3.8, 4) is 0 Å². The summed E-state index contributed by atoms with van der Waals surface area (Å²) in [6.45, 7) is 0. The molecule has 0 radical (unpaired) electrons. The minimum atomic E-state index is -1.75. The third-order valence-corrected chi connectivity index (χ3v) is 0. The fourth-order valence-electron chi connectivity index (χ4n) is 0. The minimum absolute atomic E-state index is 0. The van der Waals surface area contributed by atoms with Gasteiger partial charge in [-0.3, -0.25) is 0 Å². The molecule has 0 aliphatic carbocycles. The van der Waals surface area contributed by atoms with Crippen molar-refractivity contribution in [1.82, 2.24) is 0 Å². The maximum Gasteiger partial charge on any atom is 3.00 e. The molecule has 0 aromatic heterocycles. The Labute approximate surface area is 40.7 Å². The summed E-state index contributed by atoms with van der Waals surface area (Å²) >= 11 is 0. The zero-order chi connectivity index (χ0) is 3.58. The molecule has 0 aliphatic rings. The maximum absolute atomic E-state index is 8.25. The maximum atomic E-state index is 8.25. The summed E-state index contributed by atoms with van der Waals surface area (Å²) in [6, 6.07) is 0. The standard InChI is InChI=1S/NO3.Rh/c2-1(3)4;/q-1;+3. The van der Waals surface area contributed by atoms with Crippen LogP contribution in [0.3, 0.4) is 0 Å². The van der Waals surface area contributed by atoms with Gasteiger partial charge in [0.2, 0.25) is 0 Å². The van der Waals surface area contributed by atoms with E-state index in [9.17, 15) is 0 Å². The first-order chi connectivity index (χ1) is 1.73. The van der Waals surface area contributed by atoms with Gasteiger partial charge in [0.15, 0.2) is 0 Å². The van der Waals surface area contributed by atoms with E-state index in [0.717, 1.165) is 0 Å². The molecule has 0 aromatic rings. The van der Waals surface area contributed by atoms with Gasteiger partial charge in [0.1, 0.15) is 0 Å². The average molecular weight is 165 g/mol. The molecule has 0 N–H and O–H groups in total. The monoisotopic (exact) mass is 165 g/mol. The van der Waals surface area contributed by atoms with Crippen LogP contribution in [0.25, 0.3) is 0 Å². The predicted octanol–water partition coefficient (Wildman–Crippen LogP) is -0.242. The third kappa shape index (κ3) is 407. The molecule has 0 aromatic carbocycles. The van der Waals surface area contributed by atoms with E-state index in [-0.39, 0.29) is 19.5 Å². The quantitative estimate of drug-likeness (QED) is 0.282. The minimum Gasteiger partial charge on any atom is -0.356 e. The molecule has 0 unspecified atom stereocenters. The van der Waals surface area contributed by atoms with Crippen molar-refractivity contribution in [3.63, 3.8) is 0 Å². The van der Waals surface area contributed by atoms with Crippen molar-refractivity contribution in [2.75, 3.05) is 0 Å². The second-order valence-corrected chi connectivity index (χ2v) is 0.224. The van der Waals surface area contributed by atoms with E-state index in [1.165, 1.54) is 0 Å². The Kier molecular flexibility index (Phi) is 6.76. The van der Waals surface area contributed by atoms with Crippen LogP contribution in [0.15, 0.2) is 0 Å². The van der Waals surface area contributed by atoms with Crippen LogP contribution in [0.4, 0.5) is 0 Å². The molecule has 0 spiro atoms. The predicted molar refractivity (Wildman–Crippen MR) is 10.4 cm³/mol. The van der Waals surface area contributed by atoms with E-state index < -0.39 is 5.09 Å². The van der Waals surface area contributed by atoms with Crippen molar-refractivity contribution < 1.29 is 24.6 Å². The van der Waals surface area contributed by atoms with Crippen molar-refractivity contribution in [3.05, 3.63) is 15.3 Å². The van der Waals surface area contributed by atoms with E-state index in [1.807, 2.05) is 0 Å². The molecule has 0 saturated heterocycles. The SMILES string of the molecule is O=[N+]([O-])[O-].[Rh+3]. The molecule has 0 fully saturated rings. The van der Waals surface area contributed by atoms with Crippen LogP contribution in [0, 0.1) is 15.3 Å². The van der Waals surface area contributed by atoms with Gasteiger partial charge in [-0.2, -0.15) is 0 Å². The van der Waals surface area contributed by atoms with Crippen molar-refractivity contribution >= 4 is 0 Å². The zero-order valence-electron chi connectivity index (χ0n) is 2.01. The summed E-state index contributed by atoms with van der Waals surface area (Å²) in [7, 11) is 0. The summed E-state index contributed by atoms with van der Waals surface area (Å²) in [4.78, 5) is 8.25. The Morgan fingerprint density at radius 3 is 1.40 bits per heavy atom. The van der Waals surface area contributed by atoms with Crippen molar-refractivity contribution in [2.24, 2.45) is 0 Å². The molecular formula is NO3Rh+2. The van der Waals surface area contributed by atoms with Gasteiger partial charge in [-0.25, -0.2) is 0 Å². The van der Waals surface area contributed by atoms with E-state index in [2.05, 4.69) is 0 Å². The van der Waals surface area contributed by atoms with Gasteiger partial charge in [-0.05, 0) is 0 Å². The molecule has 5 heavy (non-hydrogen) atoms. The van der Waals surface area contributed by atoms with Crippen LogP contribution >= 0.6 is 0 Å². The molecule has 0 saturated carbocycles. The number of rotatable bonds is 0. The topological polar surface area (TPSA) is 66.2 Å². The summed E-state index contributed by atoms with van der Waals surface area (Å²) in [5.74, 6) is 0. The third-order valence-electron chi connectivity index (χ3n) is 0.